The number of aliphatic carboxylic acids is 1. The topological polar surface area (TPSA) is 107 Å². The van der Waals surface area contributed by atoms with Crippen molar-refractivity contribution in [3.63, 3.8) is 0 Å². The van der Waals surface area contributed by atoms with Gasteiger partial charge in [0.2, 0.25) is 11.8 Å². The number of amides is 2. The van der Waals surface area contributed by atoms with Crippen LogP contribution in [0, 0.1) is 5.92 Å². The molecule has 2 unspecified atom stereocenters. The molecule has 0 saturated carbocycles. The fourth-order valence-corrected chi connectivity index (χ4v) is 1.93. The van der Waals surface area contributed by atoms with Gasteiger partial charge in [-0.25, -0.2) is 4.79 Å². The summed E-state index contributed by atoms with van der Waals surface area (Å²) >= 11 is 0. The molecule has 2 atom stereocenters. The fraction of sp³-hybridized carbons (Fsp3) is 0.727. The predicted molar refractivity (Wildman–Crippen MR) is 61.6 cm³/mol. The van der Waals surface area contributed by atoms with Gasteiger partial charge in [-0.15, -0.1) is 0 Å². The van der Waals surface area contributed by atoms with Gasteiger partial charge in [0, 0.05) is 32.5 Å². The average Bonchev–Trinajstić information content (AvgIpc) is 2.69. The maximum absolute atomic E-state index is 11.8. The Morgan fingerprint density at radius 3 is 2.67 bits per heavy atom. The highest BCUT2D eigenvalue weighted by Crippen LogP contribution is 2.17. The monoisotopic (exact) mass is 258 g/mol. The molecule has 0 aromatic heterocycles. The molecule has 2 amide bonds. The van der Waals surface area contributed by atoms with Crippen LogP contribution in [0.2, 0.25) is 0 Å². The minimum atomic E-state index is -1.19. The van der Waals surface area contributed by atoms with Crippen molar-refractivity contribution < 1.29 is 24.6 Å². The standard InChI is InChI=1S/C11H18N2O5/c1-2-13-6-7(5-9(13)15)10(16)12-8(3-4-14)11(17)18/h7-8,14H,2-6H2,1H3,(H,12,16)(H,17,18). The zero-order valence-corrected chi connectivity index (χ0v) is 10.3. The Hall–Kier alpha value is -1.63. The van der Waals surface area contributed by atoms with Gasteiger partial charge in [0.05, 0.1) is 5.92 Å². The molecule has 102 valence electrons. The van der Waals surface area contributed by atoms with Crippen molar-refractivity contribution in [2.45, 2.75) is 25.8 Å². The normalized spacial score (nSPS) is 20.9. The maximum Gasteiger partial charge on any atom is 0.326 e. The summed E-state index contributed by atoms with van der Waals surface area (Å²) in [5.74, 6) is -2.22. The van der Waals surface area contributed by atoms with Crippen LogP contribution < -0.4 is 5.32 Å². The Morgan fingerprint density at radius 2 is 2.22 bits per heavy atom. The van der Waals surface area contributed by atoms with E-state index in [0.29, 0.717) is 13.1 Å². The number of carboxylic acids is 1. The SMILES string of the molecule is CCN1CC(C(=O)NC(CCO)C(=O)O)CC1=O. The molecule has 0 spiro atoms. The van der Waals surface area contributed by atoms with E-state index in [4.69, 9.17) is 10.2 Å². The molecule has 0 bridgehead atoms. The summed E-state index contributed by atoms with van der Waals surface area (Å²) in [4.78, 5) is 35.6. The van der Waals surface area contributed by atoms with Crippen LogP contribution in [0.5, 0.6) is 0 Å². The minimum Gasteiger partial charge on any atom is -0.480 e. The molecule has 1 rings (SSSR count). The van der Waals surface area contributed by atoms with Crippen molar-refractivity contribution in [3.8, 4) is 0 Å². The molecule has 0 aromatic rings. The molecule has 7 heteroatoms. The van der Waals surface area contributed by atoms with Crippen LogP contribution in [-0.4, -0.2) is 58.6 Å². The molecule has 1 aliphatic rings. The second kappa shape index (κ2) is 6.34. The molecule has 3 N–H and O–H groups in total. The summed E-state index contributed by atoms with van der Waals surface area (Å²) in [7, 11) is 0. The highest BCUT2D eigenvalue weighted by atomic mass is 16.4. The molecule has 0 aliphatic carbocycles. The minimum absolute atomic E-state index is 0.0424. The van der Waals surface area contributed by atoms with Crippen LogP contribution >= 0.6 is 0 Å². The number of likely N-dealkylation sites (tertiary alicyclic amines) is 1. The van der Waals surface area contributed by atoms with Gasteiger partial charge in [0.1, 0.15) is 6.04 Å². The molecule has 1 fully saturated rings. The van der Waals surface area contributed by atoms with Crippen molar-refractivity contribution in [2.75, 3.05) is 19.7 Å². The van der Waals surface area contributed by atoms with E-state index >= 15 is 0 Å². The number of carboxylic acid groups (broad SMARTS) is 1. The van der Waals surface area contributed by atoms with Crippen molar-refractivity contribution in [1.29, 1.82) is 0 Å². The van der Waals surface area contributed by atoms with Crippen LogP contribution in [0.1, 0.15) is 19.8 Å². The molecular weight excluding hydrogens is 240 g/mol. The zero-order chi connectivity index (χ0) is 13.7. The molecule has 0 aromatic carbocycles. The van der Waals surface area contributed by atoms with Crippen LogP contribution in [0.15, 0.2) is 0 Å². The number of hydrogen-bond donors (Lipinski definition) is 3. The van der Waals surface area contributed by atoms with Crippen molar-refractivity contribution in [1.82, 2.24) is 10.2 Å². The maximum atomic E-state index is 11.8. The first-order valence-electron chi connectivity index (χ1n) is 5.91. The summed E-state index contributed by atoms with van der Waals surface area (Å²) in [5, 5.41) is 19.9. The lowest BCUT2D eigenvalue weighted by Gasteiger charge is -2.17. The summed E-state index contributed by atoms with van der Waals surface area (Å²) in [6.07, 6.45) is 0.0738. The molecule has 1 heterocycles. The Balaban J connectivity index is 2.55. The second-order valence-electron chi connectivity index (χ2n) is 4.25. The van der Waals surface area contributed by atoms with E-state index in [1.165, 1.54) is 0 Å². The van der Waals surface area contributed by atoms with Gasteiger partial charge in [0.15, 0.2) is 0 Å². The number of nitrogens with zero attached hydrogens (tertiary/aromatic N) is 1. The largest absolute Gasteiger partial charge is 0.480 e. The molecule has 18 heavy (non-hydrogen) atoms. The lowest BCUT2D eigenvalue weighted by Crippen LogP contribution is -2.44. The fourth-order valence-electron chi connectivity index (χ4n) is 1.93. The number of rotatable bonds is 6. The smallest absolute Gasteiger partial charge is 0.326 e. The predicted octanol–water partition coefficient (Wildman–Crippen LogP) is -1.19. The van der Waals surface area contributed by atoms with Gasteiger partial charge in [-0.2, -0.15) is 0 Å². The van der Waals surface area contributed by atoms with E-state index in [0.717, 1.165) is 0 Å². The van der Waals surface area contributed by atoms with Crippen LogP contribution in [0.3, 0.4) is 0 Å². The number of carbonyl (C=O) groups is 3. The van der Waals surface area contributed by atoms with E-state index in [2.05, 4.69) is 5.32 Å². The van der Waals surface area contributed by atoms with Gasteiger partial charge in [-0.05, 0) is 6.92 Å². The molecular formula is C11H18N2O5. The van der Waals surface area contributed by atoms with Crippen LogP contribution in [-0.2, 0) is 14.4 Å². The lowest BCUT2D eigenvalue weighted by atomic mass is 10.1. The third-order valence-corrected chi connectivity index (χ3v) is 3.00. The molecule has 0 radical (unpaired) electrons. The summed E-state index contributed by atoms with van der Waals surface area (Å²) < 4.78 is 0. The van der Waals surface area contributed by atoms with Gasteiger partial charge < -0.3 is 20.4 Å². The molecule has 1 saturated heterocycles. The summed E-state index contributed by atoms with van der Waals surface area (Å²) in [6, 6.07) is -1.10. The third-order valence-electron chi connectivity index (χ3n) is 3.00. The molecule has 1 aliphatic heterocycles. The zero-order valence-electron chi connectivity index (χ0n) is 10.3. The Kier molecular flexibility index (Phi) is 5.08. The number of hydrogen-bond acceptors (Lipinski definition) is 4. The first-order valence-corrected chi connectivity index (χ1v) is 5.91. The summed E-state index contributed by atoms with van der Waals surface area (Å²) in [5.41, 5.74) is 0. The number of nitrogens with one attached hydrogen (secondary N) is 1. The van der Waals surface area contributed by atoms with E-state index in [-0.39, 0.29) is 25.4 Å². The van der Waals surface area contributed by atoms with Gasteiger partial charge in [-0.1, -0.05) is 0 Å². The van der Waals surface area contributed by atoms with E-state index in [1.54, 1.807) is 4.90 Å². The lowest BCUT2D eigenvalue weighted by molar-refractivity contribution is -0.142. The van der Waals surface area contributed by atoms with Crippen molar-refractivity contribution in [2.24, 2.45) is 5.92 Å². The van der Waals surface area contributed by atoms with Gasteiger partial charge in [0.25, 0.3) is 0 Å². The van der Waals surface area contributed by atoms with Gasteiger partial charge >= 0.3 is 5.97 Å². The number of aliphatic hydroxyl groups is 1. The van der Waals surface area contributed by atoms with Crippen LogP contribution in [0.25, 0.3) is 0 Å². The van der Waals surface area contributed by atoms with E-state index in [1.807, 2.05) is 6.92 Å². The quantitative estimate of drug-likeness (QED) is 0.555. The Labute approximate surface area is 105 Å². The van der Waals surface area contributed by atoms with Crippen molar-refractivity contribution >= 4 is 17.8 Å². The first-order chi connectivity index (χ1) is 8.49. The third kappa shape index (κ3) is 3.43. The Bertz CT molecular complexity index is 344. The summed E-state index contributed by atoms with van der Waals surface area (Å²) in [6.45, 7) is 2.38. The first kappa shape index (κ1) is 14.4. The van der Waals surface area contributed by atoms with E-state index < -0.39 is 23.8 Å². The highest BCUT2D eigenvalue weighted by molar-refractivity contribution is 5.91. The Morgan fingerprint density at radius 1 is 1.56 bits per heavy atom. The average molecular weight is 258 g/mol. The second-order valence-corrected chi connectivity index (χ2v) is 4.25. The molecule has 7 nitrogen and oxygen atoms in total. The van der Waals surface area contributed by atoms with Crippen molar-refractivity contribution in [3.05, 3.63) is 0 Å². The number of carbonyl (C=O) groups excluding carboxylic acids is 2. The van der Waals surface area contributed by atoms with E-state index in [9.17, 15) is 14.4 Å². The van der Waals surface area contributed by atoms with Crippen LogP contribution in [0.4, 0.5) is 0 Å². The van der Waals surface area contributed by atoms with Gasteiger partial charge in [-0.3, -0.25) is 9.59 Å². The highest BCUT2D eigenvalue weighted by Gasteiger charge is 2.34. The number of aliphatic hydroxyl groups excluding tert-OH is 1.